The lowest BCUT2D eigenvalue weighted by molar-refractivity contribution is 0.998. The Hall–Kier alpha value is -0.840. The lowest BCUT2D eigenvalue weighted by atomic mass is 10.6. The summed E-state index contributed by atoms with van der Waals surface area (Å²) in [4.78, 5) is 9.84. The second kappa shape index (κ2) is 3.04. The van der Waals surface area contributed by atoms with Crippen LogP contribution in [-0.2, 0) is 0 Å². The molecule has 0 aromatic carbocycles. The molecule has 0 aliphatic heterocycles. The van der Waals surface area contributed by atoms with Crippen molar-refractivity contribution < 1.29 is 0 Å². The fourth-order valence-electron chi connectivity index (χ4n) is 0.586. The quantitative estimate of drug-likeness (QED) is 0.758. The average molecular weight is 217 g/mol. The number of hydrogen-bond acceptors (Lipinski definition) is 4. The van der Waals surface area contributed by atoms with Gasteiger partial charge in [-0.1, -0.05) is 0 Å². The molecule has 0 amide bonds. The van der Waals surface area contributed by atoms with E-state index in [0.29, 0.717) is 11.8 Å². The van der Waals surface area contributed by atoms with Gasteiger partial charge in [-0.2, -0.15) is 4.98 Å². The summed E-state index contributed by atoms with van der Waals surface area (Å²) in [5.74, 6) is 1.08. The van der Waals surface area contributed by atoms with Crippen LogP contribution >= 0.6 is 15.9 Å². The van der Waals surface area contributed by atoms with Gasteiger partial charge in [-0.3, -0.25) is 0 Å². The van der Waals surface area contributed by atoms with Crippen LogP contribution in [0.5, 0.6) is 0 Å². The molecule has 0 spiro atoms. The van der Waals surface area contributed by atoms with E-state index in [4.69, 9.17) is 5.73 Å². The van der Waals surface area contributed by atoms with E-state index in [0.717, 1.165) is 4.47 Å². The van der Waals surface area contributed by atoms with Crippen molar-refractivity contribution in [1.29, 1.82) is 0 Å². The molecule has 1 rings (SSSR count). The van der Waals surface area contributed by atoms with Gasteiger partial charge < -0.3 is 10.6 Å². The van der Waals surface area contributed by atoms with Crippen molar-refractivity contribution in [2.45, 2.75) is 0 Å². The Morgan fingerprint density at radius 3 is 2.64 bits per heavy atom. The molecule has 0 aliphatic rings. The van der Waals surface area contributed by atoms with Crippen LogP contribution in [0.4, 0.5) is 11.8 Å². The Morgan fingerprint density at radius 2 is 2.18 bits per heavy atom. The SMILES string of the molecule is CN(C)c1ncc(Br)c(N)n1. The van der Waals surface area contributed by atoms with Gasteiger partial charge in [0.2, 0.25) is 5.95 Å². The van der Waals surface area contributed by atoms with Crippen molar-refractivity contribution in [2.75, 3.05) is 24.7 Å². The van der Waals surface area contributed by atoms with Crippen molar-refractivity contribution in [3.8, 4) is 0 Å². The zero-order valence-electron chi connectivity index (χ0n) is 6.37. The molecule has 1 aromatic heterocycles. The maximum atomic E-state index is 5.53. The number of nitrogen functional groups attached to an aromatic ring is 1. The van der Waals surface area contributed by atoms with Gasteiger partial charge in [0.15, 0.2) is 0 Å². The van der Waals surface area contributed by atoms with Crippen LogP contribution in [0.1, 0.15) is 0 Å². The molecule has 0 aliphatic carbocycles. The first-order valence-electron chi connectivity index (χ1n) is 3.06. The predicted octanol–water partition coefficient (Wildman–Crippen LogP) is 0.887. The minimum atomic E-state index is 0.462. The first kappa shape index (κ1) is 8.26. The molecular formula is C6H9BrN4. The van der Waals surface area contributed by atoms with Crippen molar-refractivity contribution in [3.63, 3.8) is 0 Å². The summed E-state index contributed by atoms with van der Waals surface area (Å²) in [6, 6.07) is 0. The molecule has 0 bridgehead atoms. The fraction of sp³-hybridized carbons (Fsp3) is 0.333. The van der Waals surface area contributed by atoms with Crippen molar-refractivity contribution in [2.24, 2.45) is 0 Å². The molecule has 0 fully saturated rings. The summed E-state index contributed by atoms with van der Waals surface area (Å²) in [6.45, 7) is 0. The minimum absolute atomic E-state index is 0.462. The first-order chi connectivity index (χ1) is 5.11. The highest BCUT2D eigenvalue weighted by Gasteiger charge is 2.01. The molecule has 0 saturated carbocycles. The number of aromatic nitrogens is 2. The summed E-state index contributed by atoms with van der Waals surface area (Å²) < 4.78 is 0.725. The predicted molar refractivity (Wildman–Crippen MR) is 48.5 cm³/mol. The smallest absolute Gasteiger partial charge is 0.226 e. The largest absolute Gasteiger partial charge is 0.383 e. The summed E-state index contributed by atoms with van der Waals surface area (Å²) in [5, 5.41) is 0. The van der Waals surface area contributed by atoms with E-state index in [1.807, 2.05) is 14.1 Å². The number of anilines is 2. The van der Waals surface area contributed by atoms with Crippen LogP contribution < -0.4 is 10.6 Å². The lowest BCUT2D eigenvalue weighted by Gasteiger charge is -2.09. The van der Waals surface area contributed by atoms with Gasteiger partial charge >= 0.3 is 0 Å². The molecule has 4 nitrogen and oxygen atoms in total. The van der Waals surface area contributed by atoms with Crippen molar-refractivity contribution in [1.82, 2.24) is 9.97 Å². The average Bonchev–Trinajstić information content (AvgIpc) is 1.94. The van der Waals surface area contributed by atoms with E-state index in [2.05, 4.69) is 25.9 Å². The highest BCUT2D eigenvalue weighted by atomic mass is 79.9. The molecular weight excluding hydrogens is 208 g/mol. The number of hydrogen-bond donors (Lipinski definition) is 1. The van der Waals surface area contributed by atoms with E-state index in [1.165, 1.54) is 0 Å². The van der Waals surface area contributed by atoms with E-state index < -0.39 is 0 Å². The topological polar surface area (TPSA) is 55.0 Å². The van der Waals surface area contributed by atoms with Gasteiger partial charge in [0.25, 0.3) is 0 Å². The Labute approximate surface area is 73.6 Å². The van der Waals surface area contributed by atoms with Gasteiger partial charge in [0.05, 0.1) is 4.47 Å². The number of rotatable bonds is 1. The van der Waals surface area contributed by atoms with Gasteiger partial charge in [-0.15, -0.1) is 0 Å². The van der Waals surface area contributed by atoms with E-state index >= 15 is 0 Å². The van der Waals surface area contributed by atoms with Gasteiger partial charge in [-0.25, -0.2) is 4.98 Å². The second-order valence-electron chi connectivity index (χ2n) is 2.30. The Balaban J connectivity index is 3.05. The lowest BCUT2D eigenvalue weighted by Crippen LogP contribution is -2.13. The van der Waals surface area contributed by atoms with E-state index in [9.17, 15) is 0 Å². The maximum absolute atomic E-state index is 5.53. The van der Waals surface area contributed by atoms with E-state index in [1.54, 1.807) is 11.1 Å². The van der Waals surface area contributed by atoms with Crippen LogP contribution in [0.2, 0.25) is 0 Å². The Kier molecular flexibility index (Phi) is 2.28. The summed E-state index contributed by atoms with van der Waals surface area (Å²) in [6.07, 6.45) is 1.64. The third-order valence-electron chi connectivity index (χ3n) is 1.16. The zero-order chi connectivity index (χ0) is 8.43. The molecule has 0 atom stereocenters. The Bertz CT molecular complexity index is 261. The van der Waals surface area contributed by atoms with Gasteiger partial charge in [0, 0.05) is 20.3 Å². The zero-order valence-corrected chi connectivity index (χ0v) is 7.96. The van der Waals surface area contributed by atoms with Crippen molar-refractivity contribution in [3.05, 3.63) is 10.7 Å². The molecule has 0 saturated heterocycles. The molecule has 11 heavy (non-hydrogen) atoms. The van der Waals surface area contributed by atoms with Crippen LogP contribution in [0.3, 0.4) is 0 Å². The highest BCUT2D eigenvalue weighted by Crippen LogP contribution is 2.16. The first-order valence-corrected chi connectivity index (χ1v) is 3.86. The minimum Gasteiger partial charge on any atom is -0.383 e. The molecule has 0 radical (unpaired) electrons. The molecule has 60 valence electrons. The third-order valence-corrected chi connectivity index (χ3v) is 1.77. The summed E-state index contributed by atoms with van der Waals surface area (Å²) in [7, 11) is 3.73. The summed E-state index contributed by atoms with van der Waals surface area (Å²) >= 11 is 3.21. The number of nitrogens with two attached hydrogens (primary N) is 1. The molecule has 2 N–H and O–H groups in total. The summed E-state index contributed by atoms with van der Waals surface area (Å²) in [5.41, 5.74) is 5.53. The monoisotopic (exact) mass is 216 g/mol. The second-order valence-corrected chi connectivity index (χ2v) is 3.15. The van der Waals surface area contributed by atoms with Crippen LogP contribution in [0, 0.1) is 0 Å². The van der Waals surface area contributed by atoms with Gasteiger partial charge in [-0.05, 0) is 15.9 Å². The highest BCUT2D eigenvalue weighted by molar-refractivity contribution is 9.10. The van der Waals surface area contributed by atoms with E-state index in [-0.39, 0.29) is 0 Å². The normalized spacial score (nSPS) is 9.73. The maximum Gasteiger partial charge on any atom is 0.226 e. The van der Waals surface area contributed by atoms with Crippen LogP contribution in [-0.4, -0.2) is 24.1 Å². The van der Waals surface area contributed by atoms with Crippen LogP contribution in [0.15, 0.2) is 10.7 Å². The molecule has 1 heterocycles. The van der Waals surface area contributed by atoms with Crippen LogP contribution in [0.25, 0.3) is 0 Å². The van der Waals surface area contributed by atoms with Gasteiger partial charge in [0.1, 0.15) is 5.82 Å². The third kappa shape index (κ3) is 1.80. The molecule has 1 aromatic rings. The number of nitrogens with zero attached hydrogens (tertiary/aromatic N) is 3. The fourth-order valence-corrected chi connectivity index (χ4v) is 0.777. The van der Waals surface area contributed by atoms with Crippen molar-refractivity contribution >= 4 is 27.7 Å². The molecule has 0 unspecified atom stereocenters. The standard InChI is InChI=1S/C6H9BrN4/c1-11(2)6-9-3-4(7)5(8)10-6/h3H,1-2H3,(H2,8,9,10). The Morgan fingerprint density at radius 1 is 1.55 bits per heavy atom. The number of halogens is 1. The molecule has 5 heteroatoms.